The number of aromatic nitrogens is 2. The van der Waals surface area contributed by atoms with Crippen molar-refractivity contribution >= 4 is 45.5 Å². The number of carbonyl (C=O) groups is 1. The molecule has 3 rings (SSSR count). The van der Waals surface area contributed by atoms with Crippen LogP contribution in [0.15, 0.2) is 22.5 Å². The van der Waals surface area contributed by atoms with Crippen LogP contribution in [0.3, 0.4) is 0 Å². The van der Waals surface area contributed by atoms with Gasteiger partial charge in [0, 0.05) is 23.9 Å². The number of hydrogen-bond donors (Lipinski definition) is 2. The topological polar surface area (TPSA) is 110 Å². The molecule has 0 radical (unpaired) electrons. The lowest BCUT2D eigenvalue weighted by atomic mass is 10.2. The monoisotopic (exact) mass is 365 g/mol. The highest BCUT2D eigenvalue weighted by molar-refractivity contribution is 8.01. The number of rotatable bonds is 7. The van der Waals surface area contributed by atoms with Crippen molar-refractivity contribution in [1.29, 1.82) is 0 Å². The largest absolute Gasteiger partial charge is 0.357 e. The third-order valence-electron chi connectivity index (χ3n) is 3.33. The van der Waals surface area contributed by atoms with Crippen molar-refractivity contribution in [2.45, 2.75) is 30.1 Å². The van der Waals surface area contributed by atoms with Gasteiger partial charge in [-0.05, 0) is 31.4 Å². The summed E-state index contributed by atoms with van der Waals surface area (Å²) in [6.07, 6.45) is 2.33. The van der Waals surface area contributed by atoms with Crippen LogP contribution in [0.4, 0.5) is 16.5 Å². The van der Waals surface area contributed by atoms with E-state index in [4.69, 9.17) is 0 Å². The second-order valence-electron chi connectivity index (χ2n) is 5.38. The summed E-state index contributed by atoms with van der Waals surface area (Å²) in [5.74, 6) is 0.0120. The summed E-state index contributed by atoms with van der Waals surface area (Å²) < 4.78 is 0.730. The molecular weight excluding hydrogens is 350 g/mol. The van der Waals surface area contributed by atoms with Gasteiger partial charge in [-0.1, -0.05) is 23.1 Å². The van der Waals surface area contributed by atoms with Gasteiger partial charge in [0.15, 0.2) is 4.34 Å². The summed E-state index contributed by atoms with van der Waals surface area (Å²) in [5, 5.41) is 25.6. The maximum atomic E-state index is 12.0. The summed E-state index contributed by atoms with van der Waals surface area (Å²) in [6.45, 7) is 1.72. The number of nitrogens with one attached hydrogen (secondary N) is 2. The predicted octanol–water partition coefficient (Wildman–Crippen LogP) is 3.06. The standard InChI is InChI=1S/C14H15N5O3S2/c1-8-6-10(19(21)22)4-5-11(8)16-12(20)7-23-14-18-17-13(24-14)15-9-2-3-9/h4-6,9H,2-3,7H2,1H3,(H,15,17)(H,16,20). The van der Waals surface area contributed by atoms with Crippen molar-refractivity contribution in [3.63, 3.8) is 0 Å². The molecule has 0 bridgehead atoms. The van der Waals surface area contributed by atoms with Crippen LogP contribution in [-0.2, 0) is 4.79 Å². The minimum absolute atomic E-state index is 0.00410. The van der Waals surface area contributed by atoms with E-state index >= 15 is 0 Å². The lowest BCUT2D eigenvalue weighted by molar-refractivity contribution is -0.384. The Hall–Kier alpha value is -2.20. The van der Waals surface area contributed by atoms with Crippen LogP contribution in [-0.4, -0.2) is 32.8 Å². The van der Waals surface area contributed by atoms with Gasteiger partial charge in [-0.2, -0.15) is 0 Å². The van der Waals surface area contributed by atoms with E-state index in [0.717, 1.165) is 9.47 Å². The summed E-state index contributed by atoms with van der Waals surface area (Å²) in [7, 11) is 0. The first-order chi connectivity index (χ1) is 11.5. The molecule has 2 aromatic rings. The average Bonchev–Trinajstić information content (AvgIpc) is 3.24. The fraction of sp³-hybridized carbons (Fsp3) is 0.357. The van der Waals surface area contributed by atoms with Crippen molar-refractivity contribution in [2.24, 2.45) is 0 Å². The lowest BCUT2D eigenvalue weighted by Crippen LogP contribution is -2.14. The van der Waals surface area contributed by atoms with Crippen molar-refractivity contribution in [2.75, 3.05) is 16.4 Å². The Balaban J connectivity index is 1.51. The molecule has 0 aliphatic heterocycles. The fourth-order valence-corrected chi connectivity index (χ4v) is 3.57. The van der Waals surface area contributed by atoms with Gasteiger partial charge in [-0.3, -0.25) is 14.9 Å². The van der Waals surface area contributed by atoms with Gasteiger partial charge in [0.2, 0.25) is 11.0 Å². The molecular formula is C14H15N5O3S2. The van der Waals surface area contributed by atoms with Gasteiger partial charge in [0.1, 0.15) is 0 Å². The van der Waals surface area contributed by atoms with Crippen LogP contribution in [0.2, 0.25) is 0 Å². The third-order valence-corrected chi connectivity index (χ3v) is 5.32. The number of carbonyl (C=O) groups excluding carboxylic acids is 1. The van der Waals surface area contributed by atoms with Crippen molar-refractivity contribution in [3.05, 3.63) is 33.9 Å². The van der Waals surface area contributed by atoms with Gasteiger partial charge in [0.05, 0.1) is 10.7 Å². The van der Waals surface area contributed by atoms with Gasteiger partial charge >= 0.3 is 0 Å². The summed E-state index contributed by atoms with van der Waals surface area (Å²) in [5.41, 5.74) is 1.22. The molecule has 0 atom stereocenters. The first-order valence-corrected chi connectivity index (χ1v) is 9.09. The zero-order valence-electron chi connectivity index (χ0n) is 12.8. The van der Waals surface area contributed by atoms with Gasteiger partial charge in [-0.25, -0.2) is 0 Å². The van der Waals surface area contributed by atoms with Crippen molar-refractivity contribution < 1.29 is 9.72 Å². The average molecular weight is 365 g/mol. The molecule has 10 heteroatoms. The highest BCUT2D eigenvalue weighted by atomic mass is 32.2. The molecule has 0 unspecified atom stereocenters. The molecule has 1 aromatic carbocycles. The normalized spacial score (nSPS) is 13.5. The summed E-state index contributed by atoms with van der Waals surface area (Å²) in [4.78, 5) is 22.3. The third kappa shape index (κ3) is 4.42. The molecule has 8 nitrogen and oxygen atoms in total. The predicted molar refractivity (Wildman–Crippen MR) is 93.7 cm³/mol. The second-order valence-corrected chi connectivity index (χ2v) is 7.58. The zero-order valence-corrected chi connectivity index (χ0v) is 14.4. The lowest BCUT2D eigenvalue weighted by Gasteiger charge is -2.07. The minimum Gasteiger partial charge on any atom is -0.357 e. The maximum absolute atomic E-state index is 12.0. The molecule has 24 heavy (non-hydrogen) atoms. The van der Waals surface area contributed by atoms with Crippen LogP contribution in [0.5, 0.6) is 0 Å². The van der Waals surface area contributed by atoms with Gasteiger partial charge < -0.3 is 10.6 Å². The molecule has 0 saturated heterocycles. The summed E-state index contributed by atoms with van der Waals surface area (Å²) >= 11 is 2.75. The highest BCUT2D eigenvalue weighted by Gasteiger charge is 2.22. The SMILES string of the molecule is Cc1cc([N+](=O)[O-])ccc1NC(=O)CSc1nnc(NC2CC2)s1. The first-order valence-electron chi connectivity index (χ1n) is 7.29. The van der Waals surface area contributed by atoms with E-state index in [1.807, 2.05) is 0 Å². The Kier molecular flexibility index (Phi) is 4.95. The van der Waals surface area contributed by atoms with Crippen LogP contribution in [0, 0.1) is 17.0 Å². The van der Waals surface area contributed by atoms with Gasteiger partial charge in [-0.15, -0.1) is 10.2 Å². The van der Waals surface area contributed by atoms with Crippen LogP contribution < -0.4 is 10.6 Å². The number of thioether (sulfide) groups is 1. The Labute approximate surface area is 146 Å². The first kappa shape index (κ1) is 16.7. The van der Waals surface area contributed by atoms with Crippen molar-refractivity contribution in [3.8, 4) is 0 Å². The van der Waals surface area contributed by atoms with Crippen molar-refractivity contribution in [1.82, 2.24) is 10.2 Å². The number of benzene rings is 1. The number of hydrogen-bond acceptors (Lipinski definition) is 8. The number of nitro groups is 1. The van der Waals surface area contributed by atoms with E-state index in [-0.39, 0.29) is 17.3 Å². The molecule has 1 saturated carbocycles. The molecule has 1 amide bonds. The van der Waals surface area contributed by atoms with Crippen LogP contribution >= 0.6 is 23.1 Å². The molecule has 1 aliphatic carbocycles. The second kappa shape index (κ2) is 7.14. The molecule has 126 valence electrons. The van der Waals surface area contributed by atoms with Crippen LogP contribution in [0.1, 0.15) is 18.4 Å². The number of nitro benzene ring substituents is 1. The van der Waals surface area contributed by atoms with E-state index in [0.29, 0.717) is 17.3 Å². The number of aryl methyl sites for hydroxylation is 1. The van der Waals surface area contributed by atoms with E-state index in [9.17, 15) is 14.9 Å². The Morgan fingerprint density at radius 3 is 2.92 bits per heavy atom. The molecule has 0 spiro atoms. The van der Waals surface area contributed by atoms with Gasteiger partial charge in [0.25, 0.3) is 5.69 Å². The Bertz CT molecular complexity index is 776. The zero-order chi connectivity index (χ0) is 17.1. The molecule has 1 aliphatic rings. The molecule has 1 heterocycles. The Morgan fingerprint density at radius 2 is 2.25 bits per heavy atom. The smallest absolute Gasteiger partial charge is 0.269 e. The highest BCUT2D eigenvalue weighted by Crippen LogP contribution is 2.30. The quantitative estimate of drug-likeness (QED) is 0.441. The number of nitrogens with zero attached hydrogens (tertiary/aromatic N) is 3. The van der Waals surface area contributed by atoms with E-state index in [1.165, 1.54) is 48.1 Å². The van der Waals surface area contributed by atoms with E-state index < -0.39 is 4.92 Å². The number of anilines is 2. The minimum atomic E-state index is -0.461. The van der Waals surface area contributed by atoms with E-state index in [1.54, 1.807) is 13.0 Å². The van der Waals surface area contributed by atoms with E-state index in [2.05, 4.69) is 20.8 Å². The Morgan fingerprint density at radius 1 is 1.46 bits per heavy atom. The number of non-ortho nitro benzene ring substituents is 1. The maximum Gasteiger partial charge on any atom is 0.269 e. The molecule has 1 aromatic heterocycles. The molecule has 1 fully saturated rings. The van der Waals surface area contributed by atoms with Crippen LogP contribution in [0.25, 0.3) is 0 Å². The fourth-order valence-electron chi connectivity index (χ4n) is 1.94. The summed E-state index contributed by atoms with van der Waals surface area (Å²) in [6, 6.07) is 4.86. The number of amides is 1. The molecule has 2 N–H and O–H groups in total.